The van der Waals surface area contributed by atoms with Gasteiger partial charge >= 0.3 is 0 Å². The van der Waals surface area contributed by atoms with Crippen LogP contribution in [0.3, 0.4) is 0 Å². The highest BCUT2D eigenvalue weighted by Gasteiger charge is 2.22. The van der Waals surface area contributed by atoms with Crippen LogP contribution in [0.5, 0.6) is 0 Å². The normalized spacial score (nSPS) is 13.9. The number of aromatic amines is 1. The van der Waals surface area contributed by atoms with Crippen LogP contribution in [0, 0.1) is 12.8 Å². The monoisotopic (exact) mass is 260 g/mol. The maximum atomic E-state index is 12.0. The Balaban J connectivity index is 2.90. The van der Waals surface area contributed by atoms with E-state index in [2.05, 4.69) is 14.9 Å². The number of aryl methyl sites for hydroxylation is 1. The third kappa shape index (κ3) is 3.27. The average molecular weight is 260 g/mol. The molecule has 6 nitrogen and oxygen atoms in total. The van der Waals surface area contributed by atoms with Crippen LogP contribution in [0.4, 0.5) is 0 Å². The lowest BCUT2D eigenvalue weighted by atomic mass is 10.1. The van der Waals surface area contributed by atoms with Crippen LogP contribution in [-0.2, 0) is 16.6 Å². The molecule has 0 spiro atoms. The standard InChI is InChI=1S/C10H20N4O2S/c1-4-7(2)6-12-17(15,16)10-9(5-11)8(3)13-14-10/h7,12H,4-6,11H2,1-3H3,(H,13,14). The number of hydrogen-bond donors (Lipinski definition) is 3. The predicted molar refractivity (Wildman–Crippen MR) is 65.9 cm³/mol. The van der Waals surface area contributed by atoms with Gasteiger partial charge in [-0.3, -0.25) is 5.10 Å². The molecule has 0 aromatic carbocycles. The summed E-state index contributed by atoms with van der Waals surface area (Å²) in [6, 6.07) is 0. The number of nitrogens with one attached hydrogen (secondary N) is 2. The van der Waals surface area contributed by atoms with Crippen molar-refractivity contribution in [3.63, 3.8) is 0 Å². The van der Waals surface area contributed by atoms with Crippen LogP contribution in [0.2, 0.25) is 0 Å². The van der Waals surface area contributed by atoms with Gasteiger partial charge in [0.05, 0.1) is 0 Å². The van der Waals surface area contributed by atoms with Gasteiger partial charge in [0.2, 0.25) is 0 Å². The zero-order valence-electron chi connectivity index (χ0n) is 10.4. The summed E-state index contributed by atoms with van der Waals surface area (Å²) in [6.07, 6.45) is 0.922. The molecule has 17 heavy (non-hydrogen) atoms. The zero-order valence-corrected chi connectivity index (χ0v) is 11.3. The minimum atomic E-state index is -3.56. The first-order valence-corrected chi connectivity index (χ1v) is 7.14. The van der Waals surface area contributed by atoms with Crippen molar-refractivity contribution in [2.45, 2.75) is 38.8 Å². The van der Waals surface area contributed by atoms with Crippen LogP contribution in [0.1, 0.15) is 31.5 Å². The molecule has 0 bridgehead atoms. The van der Waals surface area contributed by atoms with E-state index in [1.54, 1.807) is 6.92 Å². The summed E-state index contributed by atoms with van der Waals surface area (Å²) in [6.45, 7) is 6.32. The molecular formula is C10H20N4O2S. The summed E-state index contributed by atoms with van der Waals surface area (Å²) < 4.78 is 26.5. The summed E-state index contributed by atoms with van der Waals surface area (Å²) in [5.41, 5.74) is 6.76. The first-order valence-electron chi connectivity index (χ1n) is 5.66. The predicted octanol–water partition coefficient (Wildman–Crippen LogP) is 0.501. The second-order valence-corrected chi connectivity index (χ2v) is 5.88. The summed E-state index contributed by atoms with van der Waals surface area (Å²) >= 11 is 0. The number of H-pyrrole nitrogens is 1. The Hall–Kier alpha value is -0.920. The SMILES string of the molecule is CCC(C)CNS(=O)(=O)c1n[nH]c(C)c1CN. The molecule has 0 radical (unpaired) electrons. The lowest BCUT2D eigenvalue weighted by molar-refractivity contribution is 0.526. The van der Waals surface area contributed by atoms with Gasteiger partial charge in [-0.2, -0.15) is 5.10 Å². The first kappa shape index (κ1) is 14.1. The van der Waals surface area contributed by atoms with E-state index in [0.29, 0.717) is 23.7 Å². The lowest BCUT2D eigenvalue weighted by Gasteiger charge is -2.10. The fourth-order valence-corrected chi connectivity index (χ4v) is 2.72. The number of rotatable bonds is 6. The quantitative estimate of drug-likeness (QED) is 0.693. The van der Waals surface area contributed by atoms with Crippen molar-refractivity contribution < 1.29 is 8.42 Å². The fourth-order valence-electron chi connectivity index (χ4n) is 1.36. The zero-order chi connectivity index (χ0) is 13.1. The van der Waals surface area contributed by atoms with E-state index in [-0.39, 0.29) is 11.6 Å². The van der Waals surface area contributed by atoms with E-state index < -0.39 is 10.0 Å². The Morgan fingerprint density at radius 2 is 2.18 bits per heavy atom. The molecule has 0 aliphatic rings. The Morgan fingerprint density at radius 1 is 1.53 bits per heavy atom. The maximum Gasteiger partial charge on any atom is 0.260 e. The largest absolute Gasteiger partial charge is 0.326 e. The molecule has 1 aromatic heterocycles. The summed E-state index contributed by atoms with van der Waals surface area (Å²) in [5.74, 6) is 0.297. The number of sulfonamides is 1. The van der Waals surface area contributed by atoms with Gasteiger partial charge in [0.25, 0.3) is 10.0 Å². The van der Waals surface area contributed by atoms with Gasteiger partial charge in [0.15, 0.2) is 5.03 Å². The van der Waals surface area contributed by atoms with Crippen molar-refractivity contribution in [2.24, 2.45) is 11.7 Å². The van der Waals surface area contributed by atoms with E-state index in [0.717, 1.165) is 6.42 Å². The molecule has 0 saturated heterocycles. The van der Waals surface area contributed by atoms with Crippen LogP contribution in [0.25, 0.3) is 0 Å². The van der Waals surface area contributed by atoms with Gasteiger partial charge in [-0.25, -0.2) is 13.1 Å². The highest BCUT2D eigenvalue weighted by Crippen LogP contribution is 2.15. The molecular weight excluding hydrogens is 240 g/mol. The van der Waals surface area contributed by atoms with E-state index in [1.165, 1.54) is 0 Å². The smallest absolute Gasteiger partial charge is 0.260 e. The lowest BCUT2D eigenvalue weighted by Crippen LogP contribution is -2.29. The Bertz CT molecular complexity index is 467. The van der Waals surface area contributed by atoms with Gasteiger partial charge in [-0.15, -0.1) is 0 Å². The van der Waals surface area contributed by atoms with Gasteiger partial charge in [-0.05, 0) is 12.8 Å². The minimum Gasteiger partial charge on any atom is -0.326 e. The molecule has 0 saturated carbocycles. The highest BCUT2D eigenvalue weighted by atomic mass is 32.2. The highest BCUT2D eigenvalue weighted by molar-refractivity contribution is 7.89. The van der Waals surface area contributed by atoms with Gasteiger partial charge in [0.1, 0.15) is 0 Å². The number of hydrogen-bond acceptors (Lipinski definition) is 4. The molecule has 0 aliphatic carbocycles. The number of nitrogens with two attached hydrogens (primary N) is 1. The van der Waals surface area contributed by atoms with Crippen LogP contribution >= 0.6 is 0 Å². The molecule has 1 heterocycles. The molecule has 4 N–H and O–H groups in total. The van der Waals surface area contributed by atoms with E-state index in [9.17, 15) is 8.42 Å². The molecule has 1 unspecified atom stereocenters. The molecule has 98 valence electrons. The van der Waals surface area contributed by atoms with Crippen molar-refractivity contribution in [2.75, 3.05) is 6.54 Å². The maximum absolute atomic E-state index is 12.0. The average Bonchev–Trinajstić information content (AvgIpc) is 2.68. The second kappa shape index (κ2) is 5.61. The van der Waals surface area contributed by atoms with E-state index >= 15 is 0 Å². The van der Waals surface area contributed by atoms with Crippen molar-refractivity contribution in [3.8, 4) is 0 Å². The van der Waals surface area contributed by atoms with Crippen LogP contribution in [0.15, 0.2) is 5.03 Å². The molecule has 1 rings (SSSR count). The molecule has 0 aliphatic heterocycles. The van der Waals surface area contributed by atoms with E-state index in [4.69, 9.17) is 5.73 Å². The Labute approximate surface area is 102 Å². The van der Waals surface area contributed by atoms with Crippen molar-refractivity contribution in [1.29, 1.82) is 0 Å². The molecule has 1 atom stereocenters. The van der Waals surface area contributed by atoms with E-state index in [1.807, 2.05) is 13.8 Å². The van der Waals surface area contributed by atoms with Crippen LogP contribution in [-0.4, -0.2) is 25.2 Å². The molecule has 7 heteroatoms. The molecule has 1 aromatic rings. The Kier molecular flexibility index (Phi) is 4.67. The van der Waals surface area contributed by atoms with Gasteiger partial charge in [-0.1, -0.05) is 20.3 Å². The fraction of sp³-hybridized carbons (Fsp3) is 0.700. The summed E-state index contributed by atoms with van der Waals surface area (Å²) in [4.78, 5) is 0. The number of nitrogens with zero attached hydrogens (tertiary/aromatic N) is 1. The first-order chi connectivity index (χ1) is 7.92. The minimum absolute atomic E-state index is 0.0146. The van der Waals surface area contributed by atoms with Gasteiger partial charge in [0, 0.05) is 24.3 Å². The molecule has 0 fully saturated rings. The number of aromatic nitrogens is 2. The topological polar surface area (TPSA) is 101 Å². The third-order valence-corrected chi connectivity index (χ3v) is 4.21. The van der Waals surface area contributed by atoms with Crippen molar-refractivity contribution in [3.05, 3.63) is 11.3 Å². The summed E-state index contributed by atoms with van der Waals surface area (Å²) in [7, 11) is -3.56. The Morgan fingerprint density at radius 3 is 2.71 bits per heavy atom. The van der Waals surface area contributed by atoms with Crippen molar-refractivity contribution >= 4 is 10.0 Å². The summed E-state index contributed by atoms with van der Waals surface area (Å²) in [5, 5.41) is 6.47. The second-order valence-electron chi connectivity index (χ2n) is 4.20. The van der Waals surface area contributed by atoms with Crippen molar-refractivity contribution in [1.82, 2.24) is 14.9 Å². The van der Waals surface area contributed by atoms with Crippen LogP contribution < -0.4 is 10.5 Å². The third-order valence-electron chi connectivity index (χ3n) is 2.81. The molecule has 0 amide bonds. The van der Waals surface area contributed by atoms with Gasteiger partial charge < -0.3 is 5.73 Å².